The molecule has 132 valence electrons. The number of benzene rings is 2. The van der Waals surface area contributed by atoms with Gasteiger partial charge in [-0.1, -0.05) is 11.6 Å². The van der Waals surface area contributed by atoms with Gasteiger partial charge in [-0.15, -0.1) is 0 Å². The Morgan fingerprint density at radius 1 is 1.04 bits per heavy atom. The number of ether oxygens (including phenoxy) is 3. The summed E-state index contributed by atoms with van der Waals surface area (Å²) in [7, 11) is 1.60. The molecule has 1 aromatic heterocycles. The first-order chi connectivity index (χ1) is 12.7. The molecular weight excluding hydrogens is 356 g/mol. The first-order valence-corrected chi connectivity index (χ1v) is 8.19. The monoisotopic (exact) mass is 370 g/mol. The average molecular weight is 371 g/mol. The molecule has 0 fully saturated rings. The van der Waals surface area contributed by atoms with E-state index in [1.807, 2.05) is 18.2 Å². The second-order valence-corrected chi connectivity index (χ2v) is 5.86. The molecule has 0 unspecified atom stereocenters. The largest absolute Gasteiger partial charge is 0.495 e. The van der Waals surface area contributed by atoms with Crippen molar-refractivity contribution in [1.82, 2.24) is 9.97 Å². The van der Waals surface area contributed by atoms with Crippen LogP contribution in [0.3, 0.4) is 0 Å². The zero-order valence-corrected chi connectivity index (χ0v) is 14.6. The fourth-order valence-electron chi connectivity index (χ4n) is 2.51. The van der Waals surface area contributed by atoms with Gasteiger partial charge in [0.1, 0.15) is 11.6 Å². The van der Waals surface area contributed by atoms with E-state index in [0.29, 0.717) is 34.0 Å². The number of halogens is 1. The molecule has 2 aromatic carbocycles. The molecule has 2 N–H and O–H groups in total. The van der Waals surface area contributed by atoms with Crippen molar-refractivity contribution in [2.45, 2.75) is 0 Å². The van der Waals surface area contributed by atoms with Crippen LogP contribution in [0.15, 0.2) is 48.7 Å². The van der Waals surface area contributed by atoms with Gasteiger partial charge in [-0.05, 0) is 36.4 Å². The van der Waals surface area contributed by atoms with E-state index in [0.717, 1.165) is 11.4 Å². The molecule has 8 heteroatoms. The van der Waals surface area contributed by atoms with Gasteiger partial charge >= 0.3 is 0 Å². The summed E-state index contributed by atoms with van der Waals surface area (Å²) in [5.74, 6) is 3.12. The number of hydrogen-bond donors (Lipinski definition) is 2. The van der Waals surface area contributed by atoms with Gasteiger partial charge in [-0.2, -0.15) is 4.98 Å². The molecule has 1 aliphatic rings. The molecule has 0 saturated heterocycles. The highest BCUT2D eigenvalue weighted by Gasteiger charge is 2.13. The van der Waals surface area contributed by atoms with Crippen molar-refractivity contribution in [3.63, 3.8) is 0 Å². The van der Waals surface area contributed by atoms with Gasteiger partial charge < -0.3 is 24.8 Å². The van der Waals surface area contributed by atoms with E-state index in [4.69, 9.17) is 25.8 Å². The molecule has 26 heavy (non-hydrogen) atoms. The van der Waals surface area contributed by atoms with Gasteiger partial charge in [0.15, 0.2) is 11.5 Å². The topological polar surface area (TPSA) is 77.5 Å². The van der Waals surface area contributed by atoms with Crippen LogP contribution in [0, 0.1) is 0 Å². The maximum atomic E-state index is 6.06. The van der Waals surface area contributed by atoms with Crippen LogP contribution in [-0.2, 0) is 0 Å². The molecule has 3 aromatic rings. The number of aromatic nitrogens is 2. The summed E-state index contributed by atoms with van der Waals surface area (Å²) in [6, 6.07) is 12.6. The van der Waals surface area contributed by atoms with Crippen LogP contribution < -0.4 is 24.8 Å². The van der Waals surface area contributed by atoms with E-state index >= 15 is 0 Å². The zero-order valence-electron chi connectivity index (χ0n) is 13.8. The van der Waals surface area contributed by atoms with Crippen LogP contribution >= 0.6 is 11.6 Å². The molecule has 0 radical (unpaired) electrons. The Morgan fingerprint density at radius 3 is 2.81 bits per heavy atom. The lowest BCUT2D eigenvalue weighted by atomic mass is 10.3. The Hall–Kier alpha value is -3.19. The van der Waals surface area contributed by atoms with Gasteiger partial charge in [0.05, 0.1) is 12.8 Å². The summed E-state index contributed by atoms with van der Waals surface area (Å²) in [6.07, 6.45) is 1.65. The lowest BCUT2D eigenvalue weighted by molar-refractivity contribution is 0.174. The average Bonchev–Trinajstić information content (AvgIpc) is 3.10. The number of fused-ring (bicyclic) bond motifs is 1. The predicted octanol–water partition coefficient (Wildman–Crippen LogP) is 4.35. The highest BCUT2D eigenvalue weighted by Crippen LogP contribution is 2.35. The first kappa shape index (κ1) is 16.3. The van der Waals surface area contributed by atoms with Crippen molar-refractivity contribution in [2.75, 3.05) is 24.5 Å². The molecule has 2 heterocycles. The fourth-order valence-corrected chi connectivity index (χ4v) is 2.68. The number of rotatable bonds is 5. The second kappa shape index (κ2) is 6.97. The van der Waals surface area contributed by atoms with Crippen molar-refractivity contribution in [1.29, 1.82) is 0 Å². The van der Waals surface area contributed by atoms with Crippen LogP contribution in [0.25, 0.3) is 0 Å². The minimum Gasteiger partial charge on any atom is -0.495 e. The first-order valence-electron chi connectivity index (χ1n) is 7.81. The second-order valence-electron chi connectivity index (χ2n) is 5.43. The smallest absolute Gasteiger partial charge is 0.231 e. The summed E-state index contributed by atoms with van der Waals surface area (Å²) in [5, 5.41) is 6.93. The van der Waals surface area contributed by atoms with Crippen LogP contribution in [0.2, 0.25) is 5.02 Å². The summed E-state index contributed by atoms with van der Waals surface area (Å²) < 4.78 is 16.0. The van der Waals surface area contributed by atoms with Crippen LogP contribution in [0.4, 0.5) is 23.1 Å². The molecule has 0 spiro atoms. The lowest BCUT2D eigenvalue weighted by Crippen LogP contribution is -2.01. The Bertz CT molecular complexity index is 951. The number of nitrogens with one attached hydrogen (secondary N) is 2. The van der Waals surface area contributed by atoms with Crippen molar-refractivity contribution >= 4 is 34.7 Å². The summed E-state index contributed by atoms with van der Waals surface area (Å²) >= 11 is 6.06. The fraction of sp³-hybridized carbons (Fsp3) is 0.111. The predicted molar refractivity (Wildman–Crippen MR) is 99.2 cm³/mol. The Balaban J connectivity index is 1.54. The van der Waals surface area contributed by atoms with Gasteiger partial charge in [0.25, 0.3) is 0 Å². The van der Waals surface area contributed by atoms with Crippen LogP contribution in [0.5, 0.6) is 17.2 Å². The van der Waals surface area contributed by atoms with Crippen molar-refractivity contribution in [3.05, 3.63) is 53.7 Å². The minimum absolute atomic E-state index is 0.232. The van der Waals surface area contributed by atoms with E-state index in [-0.39, 0.29) is 6.79 Å². The Labute approximate surface area is 154 Å². The van der Waals surface area contributed by atoms with Gasteiger partial charge in [-0.25, -0.2) is 4.98 Å². The van der Waals surface area contributed by atoms with Crippen molar-refractivity contribution in [3.8, 4) is 17.2 Å². The third-order valence-corrected chi connectivity index (χ3v) is 3.94. The third kappa shape index (κ3) is 3.43. The van der Waals surface area contributed by atoms with E-state index in [2.05, 4.69) is 20.6 Å². The van der Waals surface area contributed by atoms with E-state index in [1.165, 1.54) is 0 Å². The molecule has 1 aliphatic heterocycles. The molecule has 4 rings (SSSR count). The quantitative estimate of drug-likeness (QED) is 0.691. The van der Waals surface area contributed by atoms with Gasteiger partial charge in [0.2, 0.25) is 12.7 Å². The number of nitrogens with zero attached hydrogens (tertiary/aromatic N) is 2. The Kier molecular flexibility index (Phi) is 4.37. The molecule has 0 amide bonds. The van der Waals surface area contributed by atoms with Crippen LogP contribution in [-0.4, -0.2) is 23.9 Å². The SMILES string of the molecule is COc1ccc(Cl)cc1Nc1ccnc(Nc2ccc3c(c2)OCO3)n1. The van der Waals surface area contributed by atoms with Crippen LogP contribution in [0.1, 0.15) is 0 Å². The molecule has 0 aliphatic carbocycles. The third-order valence-electron chi connectivity index (χ3n) is 3.71. The van der Waals surface area contributed by atoms with E-state index in [9.17, 15) is 0 Å². The van der Waals surface area contributed by atoms with Gasteiger partial charge in [0, 0.05) is 23.0 Å². The standard InChI is InChI=1S/C18H15ClN4O3/c1-24-14-4-2-11(19)8-13(14)22-17-6-7-20-18(23-17)21-12-3-5-15-16(9-12)26-10-25-15/h2-9H,10H2,1H3,(H2,20,21,22,23). The maximum absolute atomic E-state index is 6.06. The summed E-state index contributed by atoms with van der Waals surface area (Å²) in [4.78, 5) is 8.70. The maximum Gasteiger partial charge on any atom is 0.231 e. The zero-order chi connectivity index (χ0) is 17.9. The summed E-state index contributed by atoms with van der Waals surface area (Å²) in [6.45, 7) is 0.232. The Morgan fingerprint density at radius 2 is 1.92 bits per heavy atom. The highest BCUT2D eigenvalue weighted by atomic mass is 35.5. The molecule has 7 nitrogen and oxygen atoms in total. The number of hydrogen-bond acceptors (Lipinski definition) is 7. The normalized spacial score (nSPS) is 11.9. The number of anilines is 4. The van der Waals surface area contributed by atoms with Crippen molar-refractivity contribution < 1.29 is 14.2 Å². The highest BCUT2D eigenvalue weighted by molar-refractivity contribution is 6.31. The van der Waals surface area contributed by atoms with E-state index in [1.54, 1.807) is 37.6 Å². The number of methoxy groups -OCH3 is 1. The minimum atomic E-state index is 0.232. The van der Waals surface area contributed by atoms with Gasteiger partial charge in [-0.3, -0.25) is 0 Å². The van der Waals surface area contributed by atoms with Crippen molar-refractivity contribution in [2.24, 2.45) is 0 Å². The molecule has 0 atom stereocenters. The molecular formula is C18H15ClN4O3. The summed E-state index contributed by atoms with van der Waals surface area (Å²) in [5.41, 5.74) is 1.51. The molecule has 0 saturated carbocycles. The lowest BCUT2D eigenvalue weighted by Gasteiger charge is -2.12. The van der Waals surface area contributed by atoms with E-state index < -0.39 is 0 Å². The molecule has 0 bridgehead atoms.